The number of carbonyl (C=O) groups is 1. The van der Waals surface area contributed by atoms with E-state index < -0.39 is 5.41 Å². The molecule has 0 aliphatic heterocycles. The molecule has 0 saturated heterocycles. The molecule has 3 aliphatic carbocycles. The predicted octanol–water partition coefficient (Wildman–Crippen LogP) is 4.69. The Kier molecular flexibility index (Phi) is 8.39. The predicted molar refractivity (Wildman–Crippen MR) is 122 cm³/mol. The first kappa shape index (κ1) is 24.5. The second-order valence-electron chi connectivity index (χ2n) is 10.3. The lowest BCUT2D eigenvalue weighted by molar-refractivity contribution is -0.171. The van der Waals surface area contributed by atoms with Gasteiger partial charge in [-0.1, -0.05) is 44.9 Å². The second-order valence-corrected chi connectivity index (χ2v) is 10.3. The minimum atomic E-state index is -0.429. The van der Waals surface area contributed by atoms with E-state index in [1.165, 1.54) is 24.8 Å². The van der Waals surface area contributed by atoms with Crippen molar-refractivity contribution in [2.45, 2.75) is 66.2 Å². The van der Waals surface area contributed by atoms with Crippen LogP contribution >= 0.6 is 0 Å². The van der Waals surface area contributed by atoms with Gasteiger partial charge in [0.25, 0.3) is 0 Å². The molecule has 5 nitrogen and oxygen atoms in total. The van der Waals surface area contributed by atoms with Crippen molar-refractivity contribution < 1.29 is 24.1 Å². The smallest absolute Gasteiger partial charge is 0.312 e. The summed E-state index contributed by atoms with van der Waals surface area (Å²) in [6, 6.07) is 0. The molecule has 0 aromatic heterocycles. The van der Waals surface area contributed by atoms with Gasteiger partial charge in [0.05, 0.1) is 38.4 Å². The van der Waals surface area contributed by atoms with E-state index in [-0.39, 0.29) is 24.6 Å². The molecule has 5 heteroatoms. The Labute approximate surface area is 188 Å². The molecule has 31 heavy (non-hydrogen) atoms. The number of hydrogen-bond donors (Lipinski definition) is 1. The SMILES string of the molecule is CC(C)C1=CC2=CC[C@@H]3[C@](C)(CCC[C@@]3(C)C(=O)OCCOCCOCCO)[C@H]2CC1. The van der Waals surface area contributed by atoms with Crippen molar-refractivity contribution in [3.8, 4) is 0 Å². The summed E-state index contributed by atoms with van der Waals surface area (Å²) >= 11 is 0. The highest BCUT2D eigenvalue weighted by Gasteiger charge is 2.57. The average Bonchev–Trinajstić information content (AvgIpc) is 2.75. The van der Waals surface area contributed by atoms with Crippen molar-refractivity contribution in [3.05, 3.63) is 23.3 Å². The first-order chi connectivity index (χ1) is 14.8. The van der Waals surface area contributed by atoms with E-state index in [1.807, 2.05) is 0 Å². The van der Waals surface area contributed by atoms with Gasteiger partial charge < -0.3 is 19.3 Å². The summed E-state index contributed by atoms with van der Waals surface area (Å²) in [5.74, 6) is 1.44. The van der Waals surface area contributed by atoms with E-state index in [4.69, 9.17) is 19.3 Å². The molecule has 0 radical (unpaired) electrons. The third-order valence-electron chi connectivity index (χ3n) is 8.11. The number of rotatable bonds is 10. The van der Waals surface area contributed by atoms with Crippen LogP contribution in [-0.2, 0) is 19.0 Å². The van der Waals surface area contributed by atoms with Crippen molar-refractivity contribution >= 4 is 5.97 Å². The van der Waals surface area contributed by atoms with Crippen LogP contribution in [0.5, 0.6) is 0 Å². The maximum Gasteiger partial charge on any atom is 0.312 e. The molecule has 4 atom stereocenters. The van der Waals surface area contributed by atoms with Gasteiger partial charge in [-0.25, -0.2) is 0 Å². The first-order valence-corrected chi connectivity index (χ1v) is 12.2. The summed E-state index contributed by atoms with van der Waals surface area (Å²) in [5.41, 5.74) is 2.82. The Bertz CT molecular complexity index is 681. The van der Waals surface area contributed by atoms with Gasteiger partial charge in [0.15, 0.2) is 0 Å². The van der Waals surface area contributed by atoms with Crippen LogP contribution in [0.25, 0.3) is 0 Å². The van der Waals surface area contributed by atoms with Gasteiger partial charge in [-0.05, 0) is 67.8 Å². The van der Waals surface area contributed by atoms with Gasteiger partial charge in [0, 0.05) is 0 Å². The van der Waals surface area contributed by atoms with Gasteiger partial charge in [-0.15, -0.1) is 0 Å². The summed E-state index contributed by atoms with van der Waals surface area (Å²) in [7, 11) is 0. The topological polar surface area (TPSA) is 65.0 Å². The minimum absolute atomic E-state index is 0.0169. The molecule has 176 valence electrons. The number of esters is 1. The zero-order valence-electron chi connectivity index (χ0n) is 20.0. The van der Waals surface area contributed by atoms with Crippen LogP contribution in [0.1, 0.15) is 66.2 Å². The van der Waals surface area contributed by atoms with Crippen LogP contribution in [-0.4, -0.2) is 50.7 Å². The molecule has 0 bridgehead atoms. The Morgan fingerprint density at radius 1 is 1.13 bits per heavy atom. The molecule has 0 unspecified atom stereocenters. The van der Waals surface area contributed by atoms with E-state index in [9.17, 15) is 4.79 Å². The molecule has 0 aromatic rings. The van der Waals surface area contributed by atoms with Crippen molar-refractivity contribution in [2.24, 2.45) is 28.6 Å². The molecule has 1 N–H and O–H groups in total. The van der Waals surface area contributed by atoms with E-state index >= 15 is 0 Å². The fourth-order valence-corrected chi connectivity index (χ4v) is 6.33. The second kappa shape index (κ2) is 10.6. The fourth-order valence-electron chi connectivity index (χ4n) is 6.33. The molecule has 0 aromatic carbocycles. The number of hydrogen-bond acceptors (Lipinski definition) is 5. The molecule has 1 fully saturated rings. The lowest BCUT2D eigenvalue weighted by Crippen LogP contribution is -2.53. The van der Waals surface area contributed by atoms with Gasteiger partial charge >= 0.3 is 5.97 Å². The summed E-state index contributed by atoms with van der Waals surface area (Å²) in [6.45, 7) is 11.0. The van der Waals surface area contributed by atoms with Crippen molar-refractivity contribution in [2.75, 3.05) is 39.6 Å². The van der Waals surface area contributed by atoms with Crippen molar-refractivity contribution in [1.29, 1.82) is 0 Å². The molecule has 1 saturated carbocycles. The molecule has 0 amide bonds. The largest absolute Gasteiger partial charge is 0.463 e. The third-order valence-corrected chi connectivity index (χ3v) is 8.11. The van der Waals surface area contributed by atoms with Crippen LogP contribution in [0.2, 0.25) is 0 Å². The number of aliphatic hydroxyl groups is 1. The van der Waals surface area contributed by atoms with Crippen LogP contribution < -0.4 is 0 Å². The molecule has 3 rings (SSSR count). The lowest BCUT2D eigenvalue weighted by Gasteiger charge is -2.57. The molecule has 3 aliphatic rings. The van der Waals surface area contributed by atoms with Gasteiger partial charge in [-0.2, -0.15) is 0 Å². The molecule has 0 heterocycles. The van der Waals surface area contributed by atoms with Gasteiger partial charge in [0.1, 0.15) is 6.61 Å². The maximum atomic E-state index is 13.2. The first-order valence-electron chi connectivity index (χ1n) is 12.2. The Morgan fingerprint density at radius 3 is 2.55 bits per heavy atom. The number of aliphatic hydroxyl groups excluding tert-OH is 1. The monoisotopic (exact) mass is 434 g/mol. The maximum absolute atomic E-state index is 13.2. The molecular weight excluding hydrogens is 392 g/mol. The highest BCUT2D eigenvalue weighted by atomic mass is 16.6. The van der Waals surface area contributed by atoms with Crippen LogP contribution in [0.4, 0.5) is 0 Å². The molecular formula is C26H42O5. The Hall–Kier alpha value is -1.17. The Balaban J connectivity index is 1.60. The summed E-state index contributed by atoms with van der Waals surface area (Å²) in [6.07, 6.45) is 11.4. The minimum Gasteiger partial charge on any atom is -0.463 e. The zero-order valence-corrected chi connectivity index (χ0v) is 20.0. The van der Waals surface area contributed by atoms with Gasteiger partial charge in [0.2, 0.25) is 0 Å². The van der Waals surface area contributed by atoms with Crippen molar-refractivity contribution in [1.82, 2.24) is 0 Å². The van der Waals surface area contributed by atoms with E-state index in [0.717, 1.165) is 19.3 Å². The molecule has 0 spiro atoms. The standard InChI is InChI=1S/C26H42O5/c1-19(2)20-6-8-22-21(18-20)7-9-23-25(22,3)10-5-11-26(23,4)24(28)31-17-16-30-15-14-29-13-12-27/h7,18-19,22-23,27H,5-6,8-17H2,1-4H3/t22-,23+,25+,26+/m0/s1. The van der Waals surface area contributed by atoms with Gasteiger partial charge in [-0.3, -0.25) is 4.79 Å². The zero-order chi connectivity index (χ0) is 22.5. The number of ether oxygens (including phenoxy) is 3. The average molecular weight is 435 g/mol. The number of allylic oxidation sites excluding steroid dienone is 4. The quantitative estimate of drug-likeness (QED) is 0.399. The van der Waals surface area contributed by atoms with Crippen molar-refractivity contribution in [3.63, 3.8) is 0 Å². The lowest BCUT2D eigenvalue weighted by atomic mass is 9.47. The van der Waals surface area contributed by atoms with Crippen LogP contribution in [0.3, 0.4) is 0 Å². The van der Waals surface area contributed by atoms with E-state index in [1.54, 1.807) is 5.57 Å². The highest BCUT2D eigenvalue weighted by molar-refractivity contribution is 5.77. The fraction of sp³-hybridized carbons (Fsp3) is 0.808. The van der Waals surface area contributed by atoms with E-state index in [2.05, 4.69) is 39.8 Å². The number of fused-ring (bicyclic) bond motifs is 3. The van der Waals surface area contributed by atoms with E-state index in [0.29, 0.717) is 44.2 Å². The summed E-state index contributed by atoms with van der Waals surface area (Å²) in [5, 5.41) is 8.68. The highest BCUT2D eigenvalue weighted by Crippen LogP contribution is 2.62. The number of carbonyl (C=O) groups excluding carboxylic acids is 1. The van der Waals surface area contributed by atoms with Crippen LogP contribution in [0, 0.1) is 28.6 Å². The summed E-state index contributed by atoms with van der Waals surface area (Å²) in [4.78, 5) is 13.2. The third kappa shape index (κ3) is 5.26. The Morgan fingerprint density at radius 2 is 1.84 bits per heavy atom. The van der Waals surface area contributed by atoms with Crippen LogP contribution in [0.15, 0.2) is 23.3 Å². The normalized spacial score (nSPS) is 32.7. The summed E-state index contributed by atoms with van der Waals surface area (Å²) < 4.78 is 16.4.